The van der Waals surface area contributed by atoms with Crippen LogP contribution in [0.15, 0.2) is 30.5 Å². The molecule has 1 aliphatic heterocycles. The van der Waals surface area contributed by atoms with Gasteiger partial charge in [0.25, 0.3) is 5.91 Å². The van der Waals surface area contributed by atoms with Crippen molar-refractivity contribution in [2.45, 2.75) is 52.5 Å². The molecule has 1 aromatic carbocycles. The van der Waals surface area contributed by atoms with Gasteiger partial charge in [-0.2, -0.15) is 5.26 Å². The van der Waals surface area contributed by atoms with Gasteiger partial charge < -0.3 is 20.7 Å². The van der Waals surface area contributed by atoms with E-state index in [0.717, 1.165) is 44.5 Å². The molecule has 1 aromatic heterocycles. The lowest BCUT2D eigenvalue weighted by Crippen LogP contribution is -2.31. The maximum absolute atomic E-state index is 12.9. The Hall–Kier alpha value is -3.02. The van der Waals surface area contributed by atoms with E-state index < -0.39 is 0 Å². The van der Waals surface area contributed by atoms with E-state index >= 15 is 0 Å². The average Bonchev–Trinajstić information content (AvgIpc) is 2.87. The topological polar surface area (TPSA) is 112 Å². The second-order valence-corrected chi connectivity index (χ2v) is 10.4. The number of anilines is 1. The molecule has 188 valence electrons. The van der Waals surface area contributed by atoms with E-state index in [4.69, 9.17) is 10.00 Å². The molecule has 1 amide bonds. The summed E-state index contributed by atoms with van der Waals surface area (Å²) in [6.45, 7) is 10.1. The van der Waals surface area contributed by atoms with Crippen molar-refractivity contribution in [2.75, 3.05) is 38.7 Å². The van der Waals surface area contributed by atoms with Crippen LogP contribution in [0.1, 0.15) is 73.3 Å². The van der Waals surface area contributed by atoms with Crippen LogP contribution in [-0.4, -0.2) is 49.2 Å². The number of nitrogens with zero attached hydrogens (tertiary/aromatic N) is 3. The smallest absolute Gasteiger partial charge is 0.251 e. The molecule has 8 nitrogen and oxygen atoms in total. The van der Waals surface area contributed by atoms with Gasteiger partial charge in [-0.3, -0.25) is 4.79 Å². The Labute approximate surface area is 208 Å². The van der Waals surface area contributed by atoms with Crippen molar-refractivity contribution in [3.05, 3.63) is 53.0 Å². The first-order valence-corrected chi connectivity index (χ1v) is 12.4. The second kappa shape index (κ2) is 12.6. The molecule has 3 rings (SSSR count). The van der Waals surface area contributed by atoms with Gasteiger partial charge in [-0.25, -0.2) is 9.97 Å². The van der Waals surface area contributed by atoms with Crippen LogP contribution in [0, 0.1) is 22.7 Å². The Morgan fingerprint density at radius 3 is 2.60 bits per heavy atom. The van der Waals surface area contributed by atoms with Crippen molar-refractivity contribution in [3.8, 4) is 6.07 Å². The molecule has 2 heterocycles. The Morgan fingerprint density at radius 1 is 1.26 bits per heavy atom. The minimum absolute atomic E-state index is 0.0370. The zero-order chi connectivity index (χ0) is 25.3. The molecule has 0 saturated carbocycles. The summed E-state index contributed by atoms with van der Waals surface area (Å²) in [7, 11) is 1.75. The highest BCUT2D eigenvalue weighted by molar-refractivity contribution is 5.94. The van der Waals surface area contributed by atoms with Crippen molar-refractivity contribution < 1.29 is 9.53 Å². The Bertz CT molecular complexity index is 1000. The van der Waals surface area contributed by atoms with Gasteiger partial charge in [-0.1, -0.05) is 32.9 Å². The third kappa shape index (κ3) is 8.01. The predicted octanol–water partition coefficient (Wildman–Crippen LogP) is 3.86. The van der Waals surface area contributed by atoms with E-state index in [2.05, 4.69) is 58.8 Å². The zero-order valence-corrected chi connectivity index (χ0v) is 21.4. The predicted molar refractivity (Wildman–Crippen MR) is 137 cm³/mol. The first kappa shape index (κ1) is 26.6. The van der Waals surface area contributed by atoms with Crippen molar-refractivity contribution >= 4 is 11.7 Å². The Balaban J connectivity index is 1.66. The zero-order valence-electron chi connectivity index (χ0n) is 21.4. The number of aromatic nitrogens is 2. The number of carbonyl (C=O) groups excluding carboxylic acids is 1. The molecule has 0 radical (unpaired) electrons. The second-order valence-electron chi connectivity index (χ2n) is 10.4. The van der Waals surface area contributed by atoms with Gasteiger partial charge in [-0.15, -0.1) is 0 Å². The van der Waals surface area contributed by atoms with Gasteiger partial charge in [0.15, 0.2) is 0 Å². The minimum atomic E-state index is -0.155. The van der Waals surface area contributed by atoms with Gasteiger partial charge in [-0.05, 0) is 67.3 Å². The lowest BCUT2D eigenvalue weighted by molar-refractivity contribution is 0.0951. The number of carbonyl (C=O) groups is 1. The number of methoxy groups -OCH3 is 1. The average molecular weight is 479 g/mol. The molecular formula is C27H38N6O2. The number of hydrogen-bond donors (Lipinski definition) is 3. The van der Waals surface area contributed by atoms with Crippen molar-refractivity contribution in [1.82, 2.24) is 20.6 Å². The van der Waals surface area contributed by atoms with E-state index in [1.165, 1.54) is 5.56 Å². The maximum atomic E-state index is 12.9. The molecule has 1 unspecified atom stereocenters. The number of hydrogen-bond acceptors (Lipinski definition) is 7. The number of benzene rings is 1. The molecule has 35 heavy (non-hydrogen) atoms. The van der Waals surface area contributed by atoms with Crippen molar-refractivity contribution in [3.63, 3.8) is 0 Å². The fraction of sp³-hybridized carbons (Fsp3) is 0.556. The van der Waals surface area contributed by atoms with Crippen LogP contribution in [0.2, 0.25) is 0 Å². The molecular weight excluding hydrogens is 440 g/mol. The summed E-state index contributed by atoms with van der Waals surface area (Å²) in [6.07, 6.45) is 4.90. The van der Waals surface area contributed by atoms with E-state index in [1.54, 1.807) is 13.3 Å². The lowest BCUT2D eigenvalue weighted by atomic mass is 9.78. The van der Waals surface area contributed by atoms with Crippen LogP contribution in [0.4, 0.5) is 5.82 Å². The summed E-state index contributed by atoms with van der Waals surface area (Å²) >= 11 is 0. The minimum Gasteiger partial charge on any atom is -0.385 e. The summed E-state index contributed by atoms with van der Waals surface area (Å²) in [4.78, 5) is 21.2. The van der Waals surface area contributed by atoms with Gasteiger partial charge in [0.1, 0.15) is 11.9 Å². The summed E-state index contributed by atoms with van der Waals surface area (Å²) < 4.78 is 5.37. The molecule has 0 bridgehead atoms. The fourth-order valence-corrected chi connectivity index (χ4v) is 4.42. The highest BCUT2D eigenvalue weighted by Crippen LogP contribution is 2.34. The summed E-state index contributed by atoms with van der Waals surface area (Å²) in [5, 5.41) is 18.9. The molecule has 8 heteroatoms. The van der Waals surface area contributed by atoms with Gasteiger partial charge in [0.05, 0.1) is 0 Å². The summed E-state index contributed by atoms with van der Waals surface area (Å²) in [6, 6.07) is 9.94. The normalized spacial score (nSPS) is 15.3. The largest absolute Gasteiger partial charge is 0.385 e. The van der Waals surface area contributed by atoms with E-state index in [9.17, 15) is 4.79 Å². The highest BCUT2D eigenvalue weighted by atomic mass is 16.5. The Morgan fingerprint density at radius 2 is 1.97 bits per heavy atom. The monoisotopic (exact) mass is 478 g/mol. The standard InChI is InChI=1S/C27H38N6O2/c1-27(2,3)18-32-25-22(16-30-24(15-28)33-25)17-31-26(34)21-7-5-19(6-8-21)23(11-14-35-4)20-9-12-29-13-10-20/h5-8,16,20,23,29H,9-14,17-18H2,1-4H3,(H,31,34)(H,30,32,33). The van der Waals surface area contributed by atoms with E-state index in [0.29, 0.717) is 29.8 Å². The molecule has 3 N–H and O–H groups in total. The van der Waals surface area contributed by atoms with E-state index in [1.807, 2.05) is 18.2 Å². The van der Waals surface area contributed by atoms with Crippen LogP contribution < -0.4 is 16.0 Å². The highest BCUT2D eigenvalue weighted by Gasteiger charge is 2.25. The number of piperidine rings is 1. The molecule has 1 aliphatic rings. The number of nitrogens with one attached hydrogen (secondary N) is 3. The third-order valence-electron chi connectivity index (χ3n) is 6.38. The SMILES string of the molecule is COCCC(c1ccc(C(=O)NCc2cnc(C#N)nc2NCC(C)(C)C)cc1)C1CCNCC1. The quantitative estimate of drug-likeness (QED) is 0.475. The van der Waals surface area contributed by atoms with Crippen LogP contribution in [0.3, 0.4) is 0 Å². The van der Waals surface area contributed by atoms with Gasteiger partial charge >= 0.3 is 0 Å². The van der Waals surface area contributed by atoms with Crippen molar-refractivity contribution in [2.24, 2.45) is 11.3 Å². The molecule has 1 fully saturated rings. The summed E-state index contributed by atoms with van der Waals surface area (Å²) in [5.74, 6) is 1.58. The lowest BCUT2D eigenvalue weighted by Gasteiger charge is -2.31. The van der Waals surface area contributed by atoms with Gasteiger partial charge in [0.2, 0.25) is 5.82 Å². The number of amides is 1. The molecule has 1 atom stereocenters. The van der Waals surface area contributed by atoms with Gasteiger partial charge in [0, 0.05) is 44.1 Å². The fourth-order valence-electron chi connectivity index (χ4n) is 4.42. The summed E-state index contributed by atoms with van der Waals surface area (Å²) in [5.41, 5.74) is 2.65. The number of ether oxygens (including phenoxy) is 1. The molecule has 1 saturated heterocycles. The maximum Gasteiger partial charge on any atom is 0.251 e. The first-order valence-electron chi connectivity index (χ1n) is 12.4. The number of rotatable bonds is 10. The molecule has 2 aromatic rings. The van der Waals surface area contributed by atoms with E-state index in [-0.39, 0.29) is 23.7 Å². The number of nitriles is 1. The van der Waals surface area contributed by atoms with Crippen LogP contribution in [0.5, 0.6) is 0 Å². The molecule has 0 aliphatic carbocycles. The van der Waals surface area contributed by atoms with Crippen LogP contribution in [0.25, 0.3) is 0 Å². The van der Waals surface area contributed by atoms with Crippen LogP contribution >= 0.6 is 0 Å². The van der Waals surface area contributed by atoms with Crippen LogP contribution in [-0.2, 0) is 11.3 Å². The third-order valence-corrected chi connectivity index (χ3v) is 6.38. The molecule has 0 spiro atoms. The first-order chi connectivity index (χ1) is 16.8. The Kier molecular flexibility index (Phi) is 9.58. The van der Waals surface area contributed by atoms with Crippen molar-refractivity contribution in [1.29, 1.82) is 5.26 Å².